The van der Waals surface area contributed by atoms with Crippen LogP contribution < -0.4 is 10.6 Å². The van der Waals surface area contributed by atoms with Crippen LogP contribution in [0.3, 0.4) is 0 Å². The Morgan fingerprint density at radius 3 is 2.60 bits per heavy atom. The van der Waals surface area contributed by atoms with Crippen molar-refractivity contribution in [3.05, 3.63) is 53.3 Å². The van der Waals surface area contributed by atoms with Crippen molar-refractivity contribution in [2.75, 3.05) is 5.32 Å². The van der Waals surface area contributed by atoms with Crippen molar-refractivity contribution in [3.8, 4) is 0 Å². The molecule has 104 valence electrons. The molecular weight excluding hydrogens is 274 g/mol. The highest BCUT2D eigenvalue weighted by Gasteiger charge is 2.08. The fourth-order valence-corrected chi connectivity index (χ4v) is 1.86. The molecule has 0 aliphatic heterocycles. The van der Waals surface area contributed by atoms with E-state index in [0.29, 0.717) is 10.7 Å². The number of pyridine rings is 1. The van der Waals surface area contributed by atoms with Gasteiger partial charge in [0.2, 0.25) is 0 Å². The van der Waals surface area contributed by atoms with Crippen molar-refractivity contribution in [3.63, 3.8) is 0 Å². The van der Waals surface area contributed by atoms with Gasteiger partial charge in [0.25, 0.3) is 5.91 Å². The van der Waals surface area contributed by atoms with Gasteiger partial charge >= 0.3 is 0 Å². The standard InChI is InChI=1S/C15H16ClN3O/c1-10(2)18-15(20)14-7-6-13(9-17-14)19-12-5-3-4-11(16)8-12/h3-10,19H,1-2H3,(H,18,20). The Labute approximate surface area is 123 Å². The lowest BCUT2D eigenvalue weighted by atomic mass is 10.2. The average molecular weight is 290 g/mol. The summed E-state index contributed by atoms with van der Waals surface area (Å²) in [6.07, 6.45) is 1.62. The van der Waals surface area contributed by atoms with E-state index in [4.69, 9.17) is 11.6 Å². The van der Waals surface area contributed by atoms with Crippen LogP contribution in [-0.4, -0.2) is 16.9 Å². The minimum atomic E-state index is -0.172. The summed E-state index contributed by atoms with van der Waals surface area (Å²) in [5.41, 5.74) is 2.07. The molecule has 2 rings (SSSR count). The van der Waals surface area contributed by atoms with Crippen molar-refractivity contribution in [2.45, 2.75) is 19.9 Å². The number of halogens is 1. The maximum absolute atomic E-state index is 11.8. The van der Waals surface area contributed by atoms with Gasteiger partial charge < -0.3 is 10.6 Å². The molecule has 0 aliphatic carbocycles. The first-order valence-corrected chi connectivity index (χ1v) is 6.72. The van der Waals surface area contributed by atoms with Gasteiger partial charge in [-0.15, -0.1) is 0 Å². The Kier molecular flexibility index (Phi) is 4.58. The van der Waals surface area contributed by atoms with Crippen LogP contribution in [0.1, 0.15) is 24.3 Å². The van der Waals surface area contributed by atoms with Gasteiger partial charge in [-0.05, 0) is 44.2 Å². The third-order valence-corrected chi connectivity index (χ3v) is 2.76. The summed E-state index contributed by atoms with van der Waals surface area (Å²) in [5.74, 6) is -0.172. The number of amides is 1. The highest BCUT2D eigenvalue weighted by atomic mass is 35.5. The summed E-state index contributed by atoms with van der Waals surface area (Å²) in [6, 6.07) is 11.0. The maximum atomic E-state index is 11.8. The zero-order chi connectivity index (χ0) is 14.5. The first-order valence-electron chi connectivity index (χ1n) is 6.34. The van der Waals surface area contributed by atoms with E-state index in [9.17, 15) is 4.79 Å². The van der Waals surface area contributed by atoms with Gasteiger partial charge in [-0.3, -0.25) is 4.79 Å². The van der Waals surface area contributed by atoms with Gasteiger partial charge in [0.15, 0.2) is 0 Å². The average Bonchev–Trinajstić information content (AvgIpc) is 2.38. The zero-order valence-corrected chi connectivity index (χ0v) is 12.1. The number of aromatic nitrogens is 1. The topological polar surface area (TPSA) is 54.0 Å². The Hall–Kier alpha value is -2.07. The third kappa shape index (κ3) is 3.96. The zero-order valence-electron chi connectivity index (χ0n) is 11.4. The molecule has 2 N–H and O–H groups in total. The molecule has 0 atom stereocenters. The van der Waals surface area contributed by atoms with Crippen molar-refractivity contribution in [2.24, 2.45) is 0 Å². The van der Waals surface area contributed by atoms with E-state index in [-0.39, 0.29) is 11.9 Å². The third-order valence-electron chi connectivity index (χ3n) is 2.53. The van der Waals surface area contributed by atoms with Gasteiger partial charge in [0.05, 0.1) is 11.9 Å². The van der Waals surface area contributed by atoms with Crippen LogP contribution >= 0.6 is 11.6 Å². The predicted octanol–water partition coefficient (Wildman–Crippen LogP) is 3.62. The monoisotopic (exact) mass is 289 g/mol. The summed E-state index contributed by atoms with van der Waals surface area (Å²) in [6.45, 7) is 3.82. The molecule has 5 heteroatoms. The maximum Gasteiger partial charge on any atom is 0.270 e. The van der Waals surface area contributed by atoms with Crippen molar-refractivity contribution in [1.82, 2.24) is 10.3 Å². The van der Waals surface area contributed by atoms with E-state index in [1.165, 1.54) is 0 Å². The number of carbonyl (C=O) groups is 1. The Morgan fingerprint density at radius 2 is 2.00 bits per heavy atom. The van der Waals surface area contributed by atoms with E-state index in [0.717, 1.165) is 11.4 Å². The van der Waals surface area contributed by atoms with E-state index < -0.39 is 0 Å². The number of anilines is 2. The van der Waals surface area contributed by atoms with Gasteiger partial charge in [0.1, 0.15) is 5.69 Å². The first-order chi connectivity index (χ1) is 9.54. The molecule has 0 unspecified atom stereocenters. The highest BCUT2D eigenvalue weighted by molar-refractivity contribution is 6.30. The Bertz CT molecular complexity index is 596. The fraction of sp³-hybridized carbons (Fsp3) is 0.200. The molecule has 0 aliphatic rings. The van der Waals surface area contributed by atoms with Gasteiger partial charge in [-0.1, -0.05) is 17.7 Å². The largest absolute Gasteiger partial charge is 0.354 e. The molecule has 1 aromatic heterocycles. The van der Waals surface area contributed by atoms with E-state index >= 15 is 0 Å². The number of hydrogen-bond acceptors (Lipinski definition) is 3. The van der Waals surface area contributed by atoms with Gasteiger partial charge in [-0.25, -0.2) is 4.98 Å². The number of nitrogens with one attached hydrogen (secondary N) is 2. The summed E-state index contributed by atoms with van der Waals surface area (Å²) in [7, 11) is 0. The minimum absolute atomic E-state index is 0.0913. The lowest BCUT2D eigenvalue weighted by molar-refractivity contribution is 0.0938. The number of benzene rings is 1. The van der Waals surface area contributed by atoms with Crippen LogP contribution in [0.5, 0.6) is 0 Å². The number of hydrogen-bond donors (Lipinski definition) is 2. The molecule has 1 aromatic carbocycles. The molecular formula is C15H16ClN3O. The van der Waals surface area contributed by atoms with Crippen LogP contribution in [0.25, 0.3) is 0 Å². The molecule has 2 aromatic rings. The quantitative estimate of drug-likeness (QED) is 0.904. The Balaban J connectivity index is 2.07. The molecule has 0 saturated heterocycles. The second kappa shape index (κ2) is 6.39. The van der Waals surface area contributed by atoms with Crippen LogP contribution in [0.15, 0.2) is 42.6 Å². The molecule has 4 nitrogen and oxygen atoms in total. The molecule has 0 radical (unpaired) electrons. The minimum Gasteiger partial charge on any atom is -0.354 e. The number of rotatable bonds is 4. The highest BCUT2D eigenvalue weighted by Crippen LogP contribution is 2.19. The lowest BCUT2D eigenvalue weighted by Crippen LogP contribution is -2.30. The number of nitrogens with zero attached hydrogens (tertiary/aromatic N) is 1. The molecule has 1 amide bonds. The van der Waals surface area contributed by atoms with E-state index in [1.807, 2.05) is 44.2 Å². The van der Waals surface area contributed by atoms with Crippen molar-refractivity contribution < 1.29 is 4.79 Å². The summed E-state index contributed by atoms with van der Waals surface area (Å²) < 4.78 is 0. The van der Waals surface area contributed by atoms with E-state index in [2.05, 4.69) is 15.6 Å². The Morgan fingerprint density at radius 1 is 1.20 bits per heavy atom. The second-order valence-electron chi connectivity index (χ2n) is 4.70. The van der Waals surface area contributed by atoms with Crippen LogP contribution in [0.2, 0.25) is 5.02 Å². The van der Waals surface area contributed by atoms with Crippen molar-refractivity contribution >= 4 is 28.9 Å². The predicted molar refractivity (Wildman–Crippen MR) is 81.6 cm³/mol. The smallest absolute Gasteiger partial charge is 0.270 e. The van der Waals surface area contributed by atoms with Crippen molar-refractivity contribution in [1.29, 1.82) is 0 Å². The fourth-order valence-electron chi connectivity index (χ4n) is 1.67. The lowest BCUT2D eigenvalue weighted by Gasteiger charge is -2.09. The van der Waals surface area contributed by atoms with Gasteiger partial charge in [-0.2, -0.15) is 0 Å². The molecule has 20 heavy (non-hydrogen) atoms. The van der Waals surface area contributed by atoms with Crippen LogP contribution in [-0.2, 0) is 0 Å². The van der Waals surface area contributed by atoms with Crippen LogP contribution in [0.4, 0.5) is 11.4 Å². The first kappa shape index (κ1) is 14.3. The van der Waals surface area contributed by atoms with E-state index in [1.54, 1.807) is 12.3 Å². The molecule has 0 spiro atoms. The van der Waals surface area contributed by atoms with Crippen LogP contribution in [0, 0.1) is 0 Å². The van der Waals surface area contributed by atoms with Gasteiger partial charge in [0, 0.05) is 16.8 Å². The summed E-state index contributed by atoms with van der Waals surface area (Å²) in [5, 5.41) is 6.63. The molecule has 0 saturated carbocycles. The number of carbonyl (C=O) groups excluding carboxylic acids is 1. The SMILES string of the molecule is CC(C)NC(=O)c1ccc(Nc2cccc(Cl)c2)cn1. The molecule has 0 fully saturated rings. The second-order valence-corrected chi connectivity index (χ2v) is 5.13. The molecule has 1 heterocycles. The summed E-state index contributed by atoms with van der Waals surface area (Å²) in [4.78, 5) is 15.9. The molecule has 0 bridgehead atoms. The normalized spacial score (nSPS) is 10.4. The summed E-state index contributed by atoms with van der Waals surface area (Å²) >= 11 is 5.92.